The van der Waals surface area contributed by atoms with Crippen molar-refractivity contribution >= 4 is 14.1 Å². The van der Waals surface area contributed by atoms with Gasteiger partial charge >= 0.3 is 0 Å². The minimum absolute atomic E-state index is 0.567. The summed E-state index contributed by atoms with van der Waals surface area (Å²) < 4.78 is 11.2. The molecule has 0 aliphatic rings. The zero-order chi connectivity index (χ0) is 12.0. The standard InChI is InChI=1S/C13H20O2Si/c1-12(13-8-6-5-7-9-13)14-10-11-15-16(2,3)4/h5-9H,1,10-11H2,2-4H3. The minimum atomic E-state index is -1.42. The molecule has 0 saturated heterocycles. The van der Waals surface area contributed by atoms with Crippen molar-refractivity contribution in [3.63, 3.8) is 0 Å². The van der Waals surface area contributed by atoms with E-state index in [9.17, 15) is 0 Å². The molecule has 0 aliphatic carbocycles. The fourth-order valence-electron chi connectivity index (χ4n) is 1.22. The second kappa shape index (κ2) is 5.87. The third kappa shape index (κ3) is 5.14. The van der Waals surface area contributed by atoms with Gasteiger partial charge in [-0.1, -0.05) is 36.9 Å². The highest BCUT2D eigenvalue weighted by Gasteiger charge is 2.13. The van der Waals surface area contributed by atoms with E-state index in [2.05, 4.69) is 26.2 Å². The van der Waals surface area contributed by atoms with Crippen molar-refractivity contribution in [2.75, 3.05) is 13.2 Å². The molecule has 0 bridgehead atoms. The molecule has 0 unspecified atom stereocenters. The van der Waals surface area contributed by atoms with E-state index < -0.39 is 8.32 Å². The van der Waals surface area contributed by atoms with Gasteiger partial charge in [-0.25, -0.2) is 0 Å². The average molecular weight is 236 g/mol. The Balaban J connectivity index is 2.27. The van der Waals surface area contributed by atoms with Crippen LogP contribution in [0.2, 0.25) is 19.6 Å². The topological polar surface area (TPSA) is 18.5 Å². The van der Waals surface area contributed by atoms with Gasteiger partial charge in [0.05, 0.1) is 6.61 Å². The van der Waals surface area contributed by atoms with Crippen molar-refractivity contribution in [1.82, 2.24) is 0 Å². The van der Waals surface area contributed by atoms with Crippen molar-refractivity contribution in [2.24, 2.45) is 0 Å². The lowest BCUT2D eigenvalue weighted by molar-refractivity contribution is 0.191. The largest absolute Gasteiger partial charge is 0.491 e. The molecule has 0 saturated carbocycles. The fraction of sp³-hybridized carbons (Fsp3) is 0.385. The van der Waals surface area contributed by atoms with Crippen LogP contribution < -0.4 is 0 Å². The van der Waals surface area contributed by atoms with E-state index in [0.717, 1.165) is 5.56 Å². The van der Waals surface area contributed by atoms with Crippen LogP contribution >= 0.6 is 0 Å². The summed E-state index contributed by atoms with van der Waals surface area (Å²) in [5, 5.41) is 0. The van der Waals surface area contributed by atoms with Gasteiger partial charge in [0.1, 0.15) is 12.4 Å². The summed E-state index contributed by atoms with van der Waals surface area (Å²) in [5.74, 6) is 0.708. The molecular weight excluding hydrogens is 216 g/mol. The highest BCUT2D eigenvalue weighted by molar-refractivity contribution is 6.69. The van der Waals surface area contributed by atoms with Gasteiger partial charge in [0.15, 0.2) is 8.32 Å². The first-order valence-electron chi connectivity index (χ1n) is 5.50. The summed E-state index contributed by atoms with van der Waals surface area (Å²) in [7, 11) is -1.42. The zero-order valence-corrected chi connectivity index (χ0v) is 11.3. The Morgan fingerprint density at radius 1 is 1.12 bits per heavy atom. The van der Waals surface area contributed by atoms with Gasteiger partial charge in [-0.05, 0) is 19.6 Å². The molecule has 1 aromatic rings. The average Bonchev–Trinajstić information content (AvgIpc) is 2.24. The van der Waals surface area contributed by atoms with E-state index in [-0.39, 0.29) is 0 Å². The van der Waals surface area contributed by atoms with Crippen molar-refractivity contribution in [1.29, 1.82) is 0 Å². The number of hydrogen-bond acceptors (Lipinski definition) is 2. The van der Waals surface area contributed by atoms with Gasteiger partial charge in [0.2, 0.25) is 0 Å². The predicted molar refractivity (Wildman–Crippen MR) is 70.7 cm³/mol. The smallest absolute Gasteiger partial charge is 0.183 e. The van der Waals surface area contributed by atoms with Crippen molar-refractivity contribution in [2.45, 2.75) is 19.6 Å². The first kappa shape index (κ1) is 13.0. The second-order valence-electron chi connectivity index (χ2n) is 4.60. The lowest BCUT2D eigenvalue weighted by Crippen LogP contribution is -2.27. The first-order chi connectivity index (χ1) is 7.49. The summed E-state index contributed by atoms with van der Waals surface area (Å²) in [4.78, 5) is 0. The van der Waals surface area contributed by atoms with Gasteiger partial charge in [0.25, 0.3) is 0 Å². The Labute approximate surface area is 99.0 Å². The number of benzene rings is 1. The molecule has 0 spiro atoms. The molecule has 1 aromatic carbocycles. The predicted octanol–water partition coefficient (Wildman–Crippen LogP) is 3.53. The zero-order valence-electron chi connectivity index (χ0n) is 10.3. The molecular formula is C13H20O2Si. The van der Waals surface area contributed by atoms with Gasteiger partial charge in [-0.15, -0.1) is 0 Å². The summed E-state index contributed by atoms with van der Waals surface area (Å²) in [6, 6.07) is 9.90. The van der Waals surface area contributed by atoms with Gasteiger partial charge in [0, 0.05) is 5.56 Å². The Bertz CT molecular complexity index is 328. The maximum atomic E-state index is 5.69. The third-order valence-corrected chi connectivity index (χ3v) is 3.06. The maximum absolute atomic E-state index is 5.69. The van der Waals surface area contributed by atoms with Crippen LogP contribution in [0.5, 0.6) is 0 Å². The Kier molecular flexibility index (Phi) is 4.77. The SMILES string of the molecule is C=C(OCCO[Si](C)(C)C)c1ccccc1. The van der Waals surface area contributed by atoms with E-state index in [0.29, 0.717) is 19.0 Å². The van der Waals surface area contributed by atoms with Crippen LogP contribution in [0.25, 0.3) is 5.76 Å². The molecule has 0 aliphatic heterocycles. The summed E-state index contributed by atoms with van der Waals surface area (Å²) in [6.07, 6.45) is 0. The maximum Gasteiger partial charge on any atom is 0.183 e. The molecule has 0 aromatic heterocycles. The van der Waals surface area contributed by atoms with Crippen molar-refractivity contribution in [3.05, 3.63) is 42.5 Å². The molecule has 0 N–H and O–H groups in total. The Morgan fingerprint density at radius 3 is 2.31 bits per heavy atom. The molecule has 3 heteroatoms. The van der Waals surface area contributed by atoms with Gasteiger partial charge in [-0.3, -0.25) is 0 Å². The van der Waals surface area contributed by atoms with Crippen molar-refractivity contribution in [3.8, 4) is 0 Å². The van der Waals surface area contributed by atoms with Gasteiger partial charge < -0.3 is 9.16 Å². The summed E-state index contributed by atoms with van der Waals surface area (Å²) >= 11 is 0. The van der Waals surface area contributed by atoms with Crippen LogP contribution in [0, 0.1) is 0 Å². The fourth-order valence-corrected chi connectivity index (χ4v) is 1.92. The number of rotatable bonds is 6. The second-order valence-corrected chi connectivity index (χ2v) is 9.11. The minimum Gasteiger partial charge on any atom is -0.491 e. The molecule has 0 amide bonds. The normalized spacial score (nSPS) is 11.2. The molecule has 88 valence electrons. The molecule has 2 nitrogen and oxygen atoms in total. The Morgan fingerprint density at radius 2 is 1.75 bits per heavy atom. The molecule has 0 heterocycles. The number of hydrogen-bond donors (Lipinski definition) is 0. The lowest BCUT2D eigenvalue weighted by atomic mass is 10.2. The summed E-state index contributed by atoms with van der Waals surface area (Å²) in [5.41, 5.74) is 1.02. The Hall–Kier alpha value is -1.06. The van der Waals surface area contributed by atoms with Gasteiger partial charge in [-0.2, -0.15) is 0 Å². The monoisotopic (exact) mass is 236 g/mol. The molecule has 0 fully saturated rings. The van der Waals surface area contributed by atoms with E-state index >= 15 is 0 Å². The highest BCUT2D eigenvalue weighted by Crippen LogP contribution is 2.12. The van der Waals surface area contributed by atoms with E-state index in [1.807, 2.05) is 30.3 Å². The van der Waals surface area contributed by atoms with Crippen molar-refractivity contribution < 1.29 is 9.16 Å². The summed E-state index contributed by atoms with van der Waals surface area (Å²) in [6.45, 7) is 11.6. The molecule has 0 radical (unpaired) electrons. The molecule has 1 rings (SSSR count). The van der Waals surface area contributed by atoms with Crippen LogP contribution in [0.1, 0.15) is 5.56 Å². The quantitative estimate of drug-likeness (QED) is 0.427. The van der Waals surface area contributed by atoms with Crippen LogP contribution in [-0.2, 0) is 9.16 Å². The van der Waals surface area contributed by atoms with E-state index in [1.54, 1.807) is 0 Å². The molecule has 0 atom stereocenters. The third-order valence-electron chi connectivity index (χ3n) is 1.99. The van der Waals surface area contributed by atoms with Crippen LogP contribution in [0.3, 0.4) is 0 Å². The molecule has 16 heavy (non-hydrogen) atoms. The van der Waals surface area contributed by atoms with E-state index in [4.69, 9.17) is 9.16 Å². The first-order valence-corrected chi connectivity index (χ1v) is 8.91. The highest BCUT2D eigenvalue weighted by atomic mass is 28.4. The van der Waals surface area contributed by atoms with E-state index in [1.165, 1.54) is 0 Å². The lowest BCUT2D eigenvalue weighted by Gasteiger charge is -2.17. The van der Waals surface area contributed by atoms with Crippen LogP contribution in [-0.4, -0.2) is 21.5 Å². The van der Waals surface area contributed by atoms with Crippen LogP contribution in [0.4, 0.5) is 0 Å². The number of ether oxygens (including phenoxy) is 1. The van der Waals surface area contributed by atoms with Crippen LogP contribution in [0.15, 0.2) is 36.9 Å².